The first-order valence-electron chi connectivity index (χ1n) is 10.4. The average molecular weight is 532 g/mol. The molecular formula is C30H25Cl2SiTi-3. The van der Waals surface area contributed by atoms with Crippen LogP contribution in [0, 0.1) is 12.1 Å². The Morgan fingerprint density at radius 1 is 0.676 bits per heavy atom. The predicted octanol–water partition coefficient (Wildman–Crippen LogP) is 8.49. The van der Waals surface area contributed by atoms with E-state index in [0.717, 1.165) is 6.42 Å². The molecule has 0 amide bonds. The molecule has 0 aliphatic heterocycles. The number of allylic oxidation sites excluding steroid dienone is 4. The van der Waals surface area contributed by atoms with E-state index in [1.54, 1.807) is 19.2 Å². The minimum absolute atomic E-state index is 0. The van der Waals surface area contributed by atoms with Crippen LogP contribution in [0.4, 0.5) is 0 Å². The molecule has 0 heterocycles. The van der Waals surface area contributed by atoms with Crippen LogP contribution in [0.2, 0.25) is 0 Å². The molecule has 5 aromatic carbocycles. The first-order valence-corrected chi connectivity index (χ1v) is 13.3. The number of benzene rings is 4. The Morgan fingerprint density at radius 2 is 1.26 bits per heavy atom. The van der Waals surface area contributed by atoms with Crippen molar-refractivity contribution in [2.24, 2.45) is 0 Å². The standard InChI is InChI=1S/C18H13.2C6H5.2ClH.Si.Ti/c1-2-7-13(6-1)15-10-5-11-17-16-9-4-3-8-14(16)12-18(15)17;2*1-2-4-6-5-3-1;;;;/h1-6,8-12H,7H2;2*1-5H;2*1H;;/q3*-1;;;;. The third-order valence-electron chi connectivity index (χ3n) is 4.99. The van der Waals surface area contributed by atoms with Crippen molar-refractivity contribution in [2.45, 2.75) is 6.42 Å². The largest absolute Gasteiger partial charge is 0.184 e. The van der Waals surface area contributed by atoms with E-state index in [-0.39, 0.29) is 24.8 Å². The molecule has 0 saturated carbocycles. The van der Waals surface area contributed by atoms with Gasteiger partial charge in [0.05, 0.1) is 0 Å². The number of hydrogen-bond acceptors (Lipinski definition) is 0. The summed E-state index contributed by atoms with van der Waals surface area (Å²) in [6.45, 7) is 0. The molecule has 0 saturated heterocycles. The molecule has 34 heavy (non-hydrogen) atoms. The van der Waals surface area contributed by atoms with E-state index in [1.807, 2.05) is 60.7 Å². The van der Waals surface area contributed by atoms with Crippen LogP contribution in [0.5, 0.6) is 0 Å². The summed E-state index contributed by atoms with van der Waals surface area (Å²) < 4.78 is 0. The van der Waals surface area contributed by atoms with Crippen LogP contribution in [0.15, 0.2) is 127 Å². The molecule has 1 aliphatic carbocycles. The topological polar surface area (TPSA) is 0 Å². The molecule has 0 fully saturated rings. The maximum absolute atomic E-state index is 2.97. The molecule has 0 N–H and O–H groups in total. The fraction of sp³-hybridized carbons (Fsp3) is 0.0333. The molecule has 0 aromatic heterocycles. The molecule has 0 bridgehead atoms. The first kappa shape index (κ1) is 29.8. The van der Waals surface area contributed by atoms with Crippen molar-refractivity contribution in [1.29, 1.82) is 0 Å². The van der Waals surface area contributed by atoms with Crippen molar-refractivity contribution in [2.75, 3.05) is 0 Å². The molecule has 0 unspecified atom stereocenters. The Balaban J connectivity index is 0.000000301. The minimum Gasteiger partial charge on any atom is -0.184 e. The van der Waals surface area contributed by atoms with E-state index < -0.39 is 0 Å². The Morgan fingerprint density at radius 3 is 1.76 bits per heavy atom. The number of halogens is 2. The fourth-order valence-electron chi connectivity index (χ4n) is 3.59. The predicted molar refractivity (Wildman–Crippen MR) is 150 cm³/mol. The fourth-order valence-corrected chi connectivity index (χ4v) is 3.59. The van der Waals surface area contributed by atoms with Crippen LogP contribution in [-0.4, -0.2) is 7.63 Å². The number of hydrogen-bond donors (Lipinski definition) is 0. The van der Waals surface area contributed by atoms with Gasteiger partial charge < -0.3 is 0 Å². The molecular weight excluding hydrogens is 507 g/mol. The molecule has 170 valence electrons. The third-order valence-corrected chi connectivity index (χ3v) is 4.99. The van der Waals surface area contributed by atoms with Crippen molar-refractivity contribution in [1.82, 2.24) is 0 Å². The summed E-state index contributed by atoms with van der Waals surface area (Å²) in [6, 6.07) is 42.6. The van der Waals surface area contributed by atoms with Gasteiger partial charge in [0.15, 0.2) is 0 Å². The number of fused-ring (bicyclic) bond motifs is 3. The van der Waals surface area contributed by atoms with E-state index in [0.29, 0.717) is 0 Å². The van der Waals surface area contributed by atoms with E-state index in [9.17, 15) is 0 Å². The van der Waals surface area contributed by atoms with Crippen LogP contribution in [0.1, 0.15) is 12.0 Å². The van der Waals surface area contributed by atoms with Crippen molar-refractivity contribution < 1.29 is 19.2 Å². The average Bonchev–Trinajstić information content (AvgIpc) is 3.56. The second-order valence-corrected chi connectivity index (χ2v) is 6.98. The quantitative estimate of drug-likeness (QED) is 0.150. The zero-order valence-corrected chi connectivity index (χ0v) is 22.8. The SMILES string of the molecule is C1=CCC(c2cccc3c2[cH-]c2ccccc23)=C1.Cl.Cl.[Si]=[Ti].[c-]1ccccc1.[c-]1ccccc1. The van der Waals surface area contributed by atoms with E-state index in [2.05, 4.69) is 86.5 Å². The van der Waals surface area contributed by atoms with E-state index in [1.165, 1.54) is 32.7 Å². The normalized spacial score (nSPS) is 10.6. The van der Waals surface area contributed by atoms with E-state index in [4.69, 9.17) is 0 Å². The van der Waals surface area contributed by atoms with Crippen molar-refractivity contribution in [3.05, 3.63) is 145 Å². The van der Waals surface area contributed by atoms with Gasteiger partial charge in [0, 0.05) is 0 Å². The Bertz CT molecular complexity index is 1190. The zero-order chi connectivity index (χ0) is 22.4. The molecule has 6 rings (SSSR count). The monoisotopic (exact) mass is 531 g/mol. The van der Waals surface area contributed by atoms with Crippen molar-refractivity contribution >= 4 is 59.6 Å². The maximum Gasteiger partial charge on any atom is -0.171 e. The first-order chi connectivity index (χ1) is 15.9. The van der Waals surface area contributed by atoms with Crippen LogP contribution < -0.4 is 0 Å². The van der Waals surface area contributed by atoms with Crippen molar-refractivity contribution in [3.8, 4) is 0 Å². The summed E-state index contributed by atoms with van der Waals surface area (Å²) in [5.41, 5.74) is 2.81. The zero-order valence-electron chi connectivity index (χ0n) is 18.6. The van der Waals surface area contributed by atoms with Gasteiger partial charge >= 0.3 is 26.8 Å². The van der Waals surface area contributed by atoms with Gasteiger partial charge in [0.25, 0.3) is 0 Å². The van der Waals surface area contributed by atoms with Gasteiger partial charge in [-0.2, -0.15) is 72.8 Å². The Hall–Kier alpha value is -2.26. The van der Waals surface area contributed by atoms with Gasteiger partial charge in [-0.15, -0.1) is 58.5 Å². The minimum atomic E-state index is 0. The van der Waals surface area contributed by atoms with Gasteiger partial charge in [-0.25, -0.2) is 0 Å². The summed E-state index contributed by atoms with van der Waals surface area (Å²) in [7, 11) is 2.97. The van der Waals surface area contributed by atoms with Gasteiger partial charge in [-0.1, -0.05) is 65.8 Å². The smallest absolute Gasteiger partial charge is 0.171 e. The molecule has 0 nitrogen and oxygen atoms in total. The van der Waals surface area contributed by atoms with Crippen LogP contribution in [0.25, 0.3) is 27.1 Å². The van der Waals surface area contributed by atoms with Crippen LogP contribution >= 0.6 is 24.8 Å². The number of rotatable bonds is 1. The molecule has 5 aromatic rings. The van der Waals surface area contributed by atoms with E-state index >= 15 is 0 Å². The van der Waals surface area contributed by atoms with Crippen molar-refractivity contribution in [3.63, 3.8) is 0 Å². The second kappa shape index (κ2) is 17.2. The molecule has 4 heteroatoms. The summed E-state index contributed by atoms with van der Waals surface area (Å²) >= 11 is 1.81. The van der Waals surface area contributed by atoms with Gasteiger partial charge in [-0.05, 0) is 6.42 Å². The maximum atomic E-state index is 2.97. The van der Waals surface area contributed by atoms with Gasteiger partial charge in [0.2, 0.25) is 0 Å². The van der Waals surface area contributed by atoms with Crippen LogP contribution in [0.3, 0.4) is 0 Å². The second-order valence-electron chi connectivity index (χ2n) is 6.98. The molecule has 1 aliphatic rings. The summed E-state index contributed by atoms with van der Waals surface area (Å²) in [4.78, 5) is 0. The molecule has 0 atom stereocenters. The van der Waals surface area contributed by atoms with Crippen LogP contribution in [-0.2, 0) is 19.2 Å². The summed E-state index contributed by atoms with van der Waals surface area (Å²) in [6.07, 6.45) is 7.65. The van der Waals surface area contributed by atoms with Gasteiger partial charge in [0.1, 0.15) is 0 Å². The molecule has 0 spiro atoms. The Kier molecular flexibility index (Phi) is 15.1. The third kappa shape index (κ3) is 8.51. The summed E-state index contributed by atoms with van der Waals surface area (Å²) in [5.74, 6) is 0. The molecule has 2 radical (unpaired) electrons. The Labute approximate surface area is 229 Å². The summed E-state index contributed by atoms with van der Waals surface area (Å²) in [5, 5.41) is 5.46. The van der Waals surface area contributed by atoms with Gasteiger partial charge in [-0.3, -0.25) is 0 Å².